The SMILES string of the molecule is CCOC1=C(C)C(C)CC=C1CCC(C)CCCC(C)CCCC(C)(O)CCCC(C)C(=O)O. The third kappa shape index (κ3) is 11.9. The second-order valence-electron chi connectivity index (χ2n) is 11.5. The number of aliphatic hydroxyl groups is 1. The Balaban J connectivity index is 2.23. The lowest BCUT2D eigenvalue weighted by Crippen LogP contribution is -2.24. The molecule has 1 aliphatic carbocycles. The lowest BCUT2D eigenvalue weighted by Gasteiger charge is -2.25. The van der Waals surface area contributed by atoms with Crippen LogP contribution in [-0.4, -0.2) is 28.4 Å². The zero-order valence-corrected chi connectivity index (χ0v) is 23.3. The molecule has 34 heavy (non-hydrogen) atoms. The highest BCUT2D eigenvalue weighted by atomic mass is 16.5. The summed E-state index contributed by atoms with van der Waals surface area (Å²) in [6, 6.07) is 0. The zero-order chi connectivity index (χ0) is 25.7. The number of carboxylic acids is 1. The highest BCUT2D eigenvalue weighted by Crippen LogP contribution is 2.34. The van der Waals surface area contributed by atoms with E-state index >= 15 is 0 Å². The summed E-state index contributed by atoms with van der Waals surface area (Å²) in [5.74, 6) is 2.10. The predicted molar refractivity (Wildman–Crippen MR) is 143 cm³/mol. The third-order valence-corrected chi connectivity index (χ3v) is 7.88. The summed E-state index contributed by atoms with van der Waals surface area (Å²) in [6.45, 7) is 15.7. The smallest absolute Gasteiger partial charge is 0.306 e. The Morgan fingerprint density at radius 3 is 2.21 bits per heavy atom. The Morgan fingerprint density at radius 2 is 1.62 bits per heavy atom. The Hall–Kier alpha value is -1.29. The molecule has 0 bridgehead atoms. The van der Waals surface area contributed by atoms with Gasteiger partial charge in [-0.3, -0.25) is 4.79 Å². The number of hydrogen-bond acceptors (Lipinski definition) is 3. The van der Waals surface area contributed by atoms with E-state index < -0.39 is 11.6 Å². The summed E-state index contributed by atoms with van der Waals surface area (Å²) in [6.07, 6.45) is 14.8. The second kappa shape index (κ2) is 15.7. The van der Waals surface area contributed by atoms with E-state index in [0.717, 1.165) is 56.8 Å². The van der Waals surface area contributed by atoms with Gasteiger partial charge in [0.2, 0.25) is 0 Å². The highest BCUT2D eigenvalue weighted by molar-refractivity contribution is 5.69. The van der Waals surface area contributed by atoms with Gasteiger partial charge in [0.15, 0.2) is 0 Å². The van der Waals surface area contributed by atoms with Crippen molar-refractivity contribution in [3.8, 4) is 0 Å². The number of allylic oxidation sites excluding steroid dienone is 3. The van der Waals surface area contributed by atoms with Crippen LogP contribution in [-0.2, 0) is 9.53 Å². The minimum Gasteiger partial charge on any atom is -0.494 e. The largest absolute Gasteiger partial charge is 0.494 e. The van der Waals surface area contributed by atoms with Gasteiger partial charge < -0.3 is 14.9 Å². The van der Waals surface area contributed by atoms with Gasteiger partial charge in [0.05, 0.1) is 18.1 Å². The minimum absolute atomic E-state index is 0.325. The molecule has 0 aliphatic heterocycles. The summed E-state index contributed by atoms with van der Waals surface area (Å²) in [4.78, 5) is 10.9. The van der Waals surface area contributed by atoms with Gasteiger partial charge >= 0.3 is 5.97 Å². The molecular formula is C30H54O4. The molecule has 198 valence electrons. The normalized spacial score (nSPS) is 20.9. The number of carbonyl (C=O) groups is 1. The Morgan fingerprint density at radius 1 is 1.06 bits per heavy atom. The first kappa shape index (κ1) is 30.7. The summed E-state index contributed by atoms with van der Waals surface area (Å²) in [7, 11) is 0. The van der Waals surface area contributed by atoms with E-state index in [1.165, 1.54) is 36.8 Å². The van der Waals surface area contributed by atoms with Gasteiger partial charge in [0.25, 0.3) is 0 Å². The van der Waals surface area contributed by atoms with E-state index in [1.54, 1.807) is 6.92 Å². The molecule has 5 atom stereocenters. The van der Waals surface area contributed by atoms with E-state index in [9.17, 15) is 9.90 Å². The molecule has 0 heterocycles. The van der Waals surface area contributed by atoms with Gasteiger partial charge in [0.1, 0.15) is 5.76 Å². The first-order chi connectivity index (χ1) is 16.0. The molecule has 0 radical (unpaired) electrons. The quantitative estimate of drug-likeness (QED) is 0.208. The van der Waals surface area contributed by atoms with Crippen LogP contribution in [0.4, 0.5) is 0 Å². The Kier molecular flexibility index (Phi) is 14.2. The van der Waals surface area contributed by atoms with Crippen molar-refractivity contribution in [2.75, 3.05) is 6.61 Å². The molecule has 0 saturated carbocycles. The minimum atomic E-state index is -0.745. The molecule has 1 aliphatic rings. The average Bonchev–Trinajstić information content (AvgIpc) is 2.76. The maximum Gasteiger partial charge on any atom is 0.306 e. The molecule has 4 heteroatoms. The van der Waals surface area contributed by atoms with Crippen molar-refractivity contribution < 1.29 is 19.7 Å². The third-order valence-electron chi connectivity index (χ3n) is 7.88. The molecule has 0 spiro atoms. The molecule has 5 unspecified atom stereocenters. The molecular weight excluding hydrogens is 424 g/mol. The second-order valence-corrected chi connectivity index (χ2v) is 11.5. The Labute approximate surface area is 210 Å². The van der Waals surface area contributed by atoms with Crippen molar-refractivity contribution in [1.29, 1.82) is 0 Å². The molecule has 0 aromatic rings. The van der Waals surface area contributed by atoms with Crippen LogP contribution >= 0.6 is 0 Å². The molecule has 0 fully saturated rings. The van der Waals surface area contributed by atoms with E-state index in [4.69, 9.17) is 9.84 Å². The van der Waals surface area contributed by atoms with Crippen LogP contribution in [0.1, 0.15) is 126 Å². The van der Waals surface area contributed by atoms with Gasteiger partial charge in [0, 0.05) is 0 Å². The summed E-state index contributed by atoms with van der Waals surface area (Å²) < 4.78 is 6.00. The molecule has 0 amide bonds. The van der Waals surface area contributed by atoms with E-state index in [0.29, 0.717) is 24.7 Å². The molecule has 4 nitrogen and oxygen atoms in total. The van der Waals surface area contributed by atoms with Gasteiger partial charge in [-0.2, -0.15) is 0 Å². The fourth-order valence-electron chi connectivity index (χ4n) is 5.01. The molecule has 0 saturated heterocycles. The molecule has 1 rings (SSSR count). The van der Waals surface area contributed by atoms with Crippen molar-refractivity contribution >= 4 is 5.97 Å². The summed E-state index contributed by atoms with van der Waals surface area (Å²) in [5, 5.41) is 19.6. The predicted octanol–water partition coefficient (Wildman–Crippen LogP) is 8.30. The maximum absolute atomic E-state index is 10.9. The van der Waals surface area contributed by atoms with Crippen LogP contribution in [0.5, 0.6) is 0 Å². The van der Waals surface area contributed by atoms with Crippen molar-refractivity contribution in [2.24, 2.45) is 23.7 Å². The summed E-state index contributed by atoms with van der Waals surface area (Å²) >= 11 is 0. The topological polar surface area (TPSA) is 66.8 Å². The van der Waals surface area contributed by atoms with Crippen LogP contribution in [0.15, 0.2) is 23.0 Å². The molecule has 0 aromatic carbocycles. The lowest BCUT2D eigenvalue weighted by atomic mass is 9.85. The average molecular weight is 479 g/mol. The number of ether oxygens (including phenoxy) is 1. The van der Waals surface area contributed by atoms with E-state index in [-0.39, 0.29) is 5.92 Å². The van der Waals surface area contributed by atoms with E-state index in [2.05, 4.69) is 40.7 Å². The first-order valence-electron chi connectivity index (χ1n) is 13.9. The van der Waals surface area contributed by atoms with Crippen LogP contribution in [0.25, 0.3) is 0 Å². The van der Waals surface area contributed by atoms with Crippen LogP contribution < -0.4 is 0 Å². The standard InChI is InChI=1S/C30H54O4/c1-8-34-28-26(6)24(4)17-19-27(28)18-16-23(3)13-9-12-22(2)14-10-20-30(7,33)21-11-15-25(5)29(31)32/h19,22-25,33H,8-18,20-21H2,1-7H3,(H,31,32). The van der Waals surface area contributed by atoms with Crippen LogP contribution in [0, 0.1) is 23.7 Å². The van der Waals surface area contributed by atoms with E-state index in [1.807, 2.05) is 6.92 Å². The van der Waals surface area contributed by atoms with Gasteiger partial charge in [-0.15, -0.1) is 0 Å². The van der Waals surface area contributed by atoms with Crippen molar-refractivity contribution in [3.63, 3.8) is 0 Å². The maximum atomic E-state index is 10.9. The fourth-order valence-corrected chi connectivity index (χ4v) is 5.01. The number of rotatable bonds is 18. The van der Waals surface area contributed by atoms with Gasteiger partial charge in [-0.1, -0.05) is 65.9 Å². The van der Waals surface area contributed by atoms with Gasteiger partial charge in [-0.05, 0) is 94.6 Å². The molecule has 0 aromatic heterocycles. The van der Waals surface area contributed by atoms with Crippen molar-refractivity contribution in [3.05, 3.63) is 23.0 Å². The van der Waals surface area contributed by atoms with Crippen molar-refractivity contribution in [2.45, 2.75) is 131 Å². The number of hydrogen-bond donors (Lipinski definition) is 2. The lowest BCUT2D eigenvalue weighted by molar-refractivity contribution is -0.141. The number of aliphatic carboxylic acids is 1. The van der Waals surface area contributed by atoms with Crippen molar-refractivity contribution in [1.82, 2.24) is 0 Å². The zero-order valence-electron chi connectivity index (χ0n) is 23.3. The van der Waals surface area contributed by atoms with Gasteiger partial charge in [-0.25, -0.2) is 0 Å². The van der Waals surface area contributed by atoms with Crippen LogP contribution in [0.2, 0.25) is 0 Å². The fraction of sp³-hybridized carbons (Fsp3) is 0.833. The highest BCUT2D eigenvalue weighted by Gasteiger charge is 2.22. The number of carboxylic acid groups (broad SMARTS) is 1. The summed E-state index contributed by atoms with van der Waals surface area (Å²) in [5.41, 5.74) is 2.15. The molecule has 2 N–H and O–H groups in total. The first-order valence-corrected chi connectivity index (χ1v) is 13.9. The van der Waals surface area contributed by atoms with Crippen LogP contribution in [0.3, 0.4) is 0 Å². The monoisotopic (exact) mass is 478 g/mol. The Bertz CT molecular complexity index is 661.